The highest BCUT2D eigenvalue weighted by Crippen LogP contribution is 2.30. The Morgan fingerprint density at radius 2 is 0.562 bits per heavy atom. The lowest BCUT2D eigenvalue weighted by molar-refractivity contribution is -0.0991. The van der Waals surface area contributed by atoms with Crippen LogP contribution in [-0.4, -0.2) is 93.7 Å². The number of ether oxygens (including phenoxy) is 4. The average Bonchev–Trinajstić information content (AvgIpc) is 2.86. The van der Waals surface area contributed by atoms with Gasteiger partial charge in [0.05, 0.1) is 46.8 Å². The number of rotatable bonds is 8. The third kappa shape index (κ3) is 22.5. The van der Waals surface area contributed by atoms with Crippen LogP contribution in [0.3, 0.4) is 0 Å². The van der Waals surface area contributed by atoms with Crippen molar-refractivity contribution in [1.29, 1.82) is 0 Å². The minimum atomic E-state index is -0.488. The Hall–Kier alpha value is -0.320. The molecule has 4 rings (SSSR count). The summed E-state index contributed by atoms with van der Waals surface area (Å²) in [6, 6.07) is 0. The van der Waals surface area contributed by atoms with Gasteiger partial charge in [-0.25, -0.2) is 0 Å². The van der Waals surface area contributed by atoms with E-state index in [4.69, 9.17) is 18.9 Å². The predicted molar refractivity (Wildman–Crippen MR) is 196 cm³/mol. The van der Waals surface area contributed by atoms with Gasteiger partial charge in [0, 0.05) is 52.1 Å². The van der Waals surface area contributed by atoms with E-state index in [1.54, 1.807) is 0 Å². The summed E-state index contributed by atoms with van der Waals surface area (Å²) in [6.45, 7) is 28.0. The van der Waals surface area contributed by atoms with Gasteiger partial charge in [0.2, 0.25) is 0 Å². The molecule has 0 aromatic rings. The van der Waals surface area contributed by atoms with Crippen molar-refractivity contribution in [3.8, 4) is 0 Å². The molecule has 4 aliphatic rings. The van der Waals surface area contributed by atoms with Gasteiger partial charge in [0.1, 0.15) is 0 Å². The zero-order valence-corrected chi connectivity index (χ0v) is 33.4. The first-order chi connectivity index (χ1) is 22.0. The normalized spacial score (nSPS) is 37.2. The molecule has 8 heteroatoms. The van der Waals surface area contributed by atoms with E-state index in [1.165, 1.54) is 0 Å². The number of hydrogen-bond donors (Lipinski definition) is 4. The molecule has 0 spiro atoms. The van der Waals surface area contributed by atoms with Crippen LogP contribution in [-0.2, 0) is 18.9 Å². The zero-order valence-electron chi connectivity index (χ0n) is 33.4. The van der Waals surface area contributed by atoms with Gasteiger partial charge < -0.3 is 39.4 Å². The maximum atomic E-state index is 9.78. The van der Waals surface area contributed by atoms with Crippen LogP contribution in [0.25, 0.3) is 0 Å². The molecule has 288 valence electrons. The number of aliphatic hydroxyl groups is 4. The van der Waals surface area contributed by atoms with Crippen molar-refractivity contribution in [2.45, 2.75) is 207 Å². The second-order valence-corrected chi connectivity index (χ2v) is 18.3. The fourth-order valence-corrected chi connectivity index (χ4v) is 7.10. The average molecular weight is 689 g/mol. The van der Waals surface area contributed by atoms with Crippen LogP contribution in [0.2, 0.25) is 0 Å². The smallest absolute Gasteiger partial charge is 0.0666 e. The van der Waals surface area contributed by atoms with Crippen LogP contribution in [0.15, 0.2) is 0 Å². The molecule has 8 nitrogen and oxygen atoms in total. The van der Waals surface area contributed by atoms with Gasteiger partial charge in [-0.2, -0.15) is 0 Å². The number of hydrogen-bond acceptors (Lipinski definition) is 8. The lowest BCUT2D eigenvalue weighted by Crippen LogP contribution is -2.38. The summed E-state index contributed by atoms with van der Waals surface area (Å²) < 4.78 is 22.3. The minimum Gasteiger partial charge on any atom is -0.390 e. The molecule has 0 aliphatic carbocycles. The first-order valence-corrected chi connectivity index (χ1v) is 19.3. The molecule has 8 atom stereocenters. The fourth-order valence-electron chi connectivity index (χ4n) is 7.10. The van der Waals surface area contributed by atoms with E-state index in [0.29, 0.717) is 50.1 Å². The summed E-state index contributed by atoms with van der Waals surface area (Å²) in [5.41, 5.74) is -1.95. The Morgan fingerprint density at radius 1 is 0.396 bits per heavy atom. The largest absolute Gasteiger partial charge is 0.390 e. The molecule has 0 saturated carbocycles. The molecule has 0 aromatic carbocycles. The Kier molecular flexibility index (Phi) is 20.2. The maximum Gasteiger partial charge on any atom is 0.0666 e. The zero-order chi connectivity index (χ0) is 36.8. The van der Waals surface area contributed by atoms with Crippen LogP contribution in [0, 0.1) is 23.7 Å². The predicted octanol–water partition coefficient (Wildman–Crippen LogP) is 7.85. The van der Waals surface area contributed by atoms with Crippen LogP contribution in [0.5, 0.6) is 0 Å². The minimum absolute atomic E-state index is 0.272. The van der Waals surface area contributed by atoms with E-state index in [0.717, 1.165) is 77.0 Å². The van der Waals surface area contributed by atoms with Crippen molar-refractivity contribution in [3.63, 3.8) is 0 Å². The summed E-state index contributed by atoms with van der Waals surface area (Å²) in [7, 11) is 0. The molecule has 4 N–H and O–H groups in total. The van der Waals surface area contributed by atoms with Crippen molar-refractivity contribution in [3.05, 3.63) is 0 Å². The quantitative estimate of drug-likeness (QED) is 0.204. The molecule has 0 unspecified atom stereocenters. The second kappa shape index (κ2) is 21.3. The lowest BCUT2D eigenvalue weighted by Gasteiger charge is -2.34. The molecule has 4 saturated heterocycles. The standard InChI is InChI=1S/4C10H20O2/c4*1-8(2)6-9-7-10(3,11)4-5-12-9/h4*8-9,11H,4-7H2,1-3H3/t2*9-,10+;2*9-,10-/m1010/s1. The highest BCUT2D eigenvalue weighted by atomic mass is 16.5. The Labute approximate surface area is 296 Å². The summed E-state index contributed by atoms with van der Waals surface area (Å²) in [6.07, 6.45) is 11.7. The van der Waals surface area contributed by atoms with Crippen LogP contribution in [0.4, 0.5) is 0 Å². The molecule has 4 heterocycles. The molecule has 4 fully saturated rings. The fraction of sp³-hybridized carbons (Fsp3) is 1.00. The second-order valence-electron chi connectivity index (χ2n) is 18.3. The topological polar surface area (TPSA) is 118 Å². The lowest BCUT2D eigenvalue weighted by atomic mass is 9.89. The highest BCUT2D eigenvalue weighted by molar-refractivity contribution is 4.84. The summed E-state index contributed by atoms with van der Waals surface area (Å²) >= 11 is 0. The molecule has 4 aliphatic heterocycles. The Balaban J connectivity index is 0.000000320. The molecule has 48 heavy (non-hydrogen) atoms. The van der Waals surface area contributed by atoms with Gasteiger partial charge in [-0.05, 0) is 103 Å². The summed E-state index contributed by atoms with van der Waals surface area (Å²) in [4.78, 5) is 0. The molecular formula is C40H80O8. The van der Waals surface area contributed by atoms with E-state index in [2.05, 4.69) is 55.4 Å². The van der Waals surface area contributed by atoms with Gasteiger partial charge in [-0.3, -0.25) is 0 Å². The molecular weight excluding hydrogens is 608 g/mol. The third-order valence-corrected chi connectivity index (χ3v) is 9.58. The van der Waals surface area contributed by atoms with Crippen molar-refractivity contribution < 1.29 is 39.4 Å². The van der Waals surface area contributed by atoms with Crippen LogP contribution < -0.4 is 0 Å². The van der Waals surface area contributed by atoms with Crippen molar-refractivity contribution in [1.82, 2.24) is 0 Å². The first-order valence-electron chi connectivity index (χ1n) is 19.3. The first kappa shape index (κ1) is 45.7. The van der Waals surface area contributed by atoms with Gasteiger partial charge >= 0.3 is 0 Å². The highest BCUT2D eigenvalue weighted by Gasteiger charge is 2.33. The van der Waals surface area contributed by atoms with Gasteiger partial charge in [-0.1, -0.05) is 55.4 Å². The molecule has 0 amide bonds. The van der Waals surface area contributed by atoms with Crippen molar-refractivity contribution >= 4 is 0 Å². The van der Waals surface area contributed by atoms with E-state index in [-0.39, 0.29) is 24.4 Å². The van der Waals surface area contributed by atoms with Gasteiger partial charge in [-0.15, -0.1) is 0 Å². The SMILES string of the molecule is CC(C)C[C@@H]1C[C@@](C)(O)CCO1.CC(C)C[C@@H]1C[C@](C)(O)CCO1.CC(C)C[C@H]1C[C@@](C)(O)CCO1.CC(C)C[C@H]1C[C@](C)(O)CCO1. The van der Waals surface area contributed by atoms with Crippen molar-refractivity contribution in [2.75, 3.05) is 26.4 Å². The van der Waals surface area contributed by atoms with Crippen LogP contribution >= 0.6 is 0 Å². The van der Waals surface area contributed by atoms with E-state index in [9.17, 15) is 20.4 Å². The molecule has 0 bridgehead atoms. The molecule has 0 radical (unpaired) electrons. The van der Waals surface area contributed by atoms with Gasteiger partial charge in [0.15, 0.2) is 0 Å². The Morgan fingerprint density at radius 3 is 0.688 bits per heavy atom. The van der Waals surface area contributed by atoms with E-state index in [1.807, 2.05) is 27.7 Å². The van der Waals surface area contributed by atoms with E-state index < -0.39 is 22.4 Å². The monoisotopic (exact) mass is 689 g/mol. The van der Waals surface area contributed by atoms with Crippen LogP contribution in [0.1, 0.15) is 160 Å². The maximum absolute atomic E-state index is 9.78. The van der Waals surface area contributed by atoms with Gasteiger partial charge in [0.25, 0.3) is 0 Å². The van der Waals surface area contributed by atoms with E-state index >= 15 is 0 Å². The molecule has 0 aromatic heterocycles. The summed E-state index contributed by atoms with van der Waals surface area (Å²) in [5.74, 6) is 2.63. The summed E-state index contributed by atoms with van der Waals surface area (Å²) in [5, 5.41) is 39.1. The third-order valence-electron chi connectivity index (χ3n) is 9.58. The van der Waals surface area contributed by atoms with Crippen molar-refractivity contribution in [2.24, 2.45) is 23.7 Å². The Bertz CT molecular complexity index is 699.